The molecule has 0 aliphatic rings. The summed E-state index contributed by atoms with van der Waals surface area (Å²) in [5.74, 6) is 0.0833. The molecular formula is C11H21NO. The number of carbonyl (C=O) groups excluding carboxylic acids is 1. The molecule has 0 spiro atoms. The van der Waals surface area contributed by atoms with E-state index in [-0.39, 0.29) is 5.78 Å². The molecule has 1 N–H and O–H groups in total. The Morgan fingerprint density at radius 3 is 1.31 bits per heavy atom. The zero-order valence-corrected chi connectivity index (χ0v) is 9.56. The second-order valence-electron chi connectivity index (χ2n) is 3.35. The molecule has 0 aliphatic carbocycles. The number of hydrogen-bond acceptors (Lipinski definition) is 2. The number of hydrogen-bond donors (Lipinski definition) is 1. The third-order valence-electron chi connectivity index (χ3n) is 0.862. The van der Waals surface area contributed by atoms with Crippen molar-refractivity contribution in [3.8, 4) is 0 Å². The smallest absolute Gasteiger partial charge is 0.178 e. The van der Waals surface area contributed by atoms with Crippen molar-refractivity contribution in [2.75, 3.05) is 14.1 Å². The Labute approximate surface area is 81.7 Å². The van der Waals surface area contributed by atoms with E-state index in [0.29, 0.717) is 0 Å². The van der Waals surface area contributed by atoms with Gasteiger partial charge in [-0.05, 0) is 53.9 Å². The third-order valence-corrected chi connectivity index (χ3v) is 0.862. The van der Waals surface area contributed by atoms with Gasteiger partial charge in [0.2, 0.25) is 0 Å². The molecule has 2 heteroatoms. The first kappa shape index (κ1) is 14.6. The van der Waals surface area contributed by atoms with Crippen LogP contribution >= 0.6 is 0 Å². The third kappa shape index (κ3) is 18.2. The zero-order valence-electron chi connectivity index (χ0n) is 9.56. The van der Waals surface area contributed by atoms with Crippen LogP contribution in [0.15, 0.2) is 23.3 Å². The molecule has 0 aromatic carbocycles. The van der Waals surface area contributed by atoms with Gasteiger partial charge in [0, 0.05) is 0 Å². The van der Waals surface area contributed by atoms with Crippen LogP contribution in [0.5, 0.6) is 0 Å². The molecule has 13 heavy (non-hydrogen) atoms. The van der Waals surface area contributed by atoms with Crippen molar-refractivity contribution in [3.63, 3.8) is 0 Å². The number of rotatable bonds is 2. The summed E-state index contributed by atoms with van der Waals surface area (Å²) < 4.78 is 0. The average Bonchev–Trinajstić information content (AvgIpc) is 1.83. The van der Waals surface area contributed by atoms with Crippen molar-refractivity contribution in [1.29, 1.82) is 0 Å². The molecule has 0 heterocycles. The lowest BCUT2D eigenvalue weighted by atomic mass is 10.2. The van der Waals surface area contributed by atoms with Gasteiger partial charge in [0.1, 0.15) is 0 Å². The van der Waals surface area contributed by atoms with Crippen LogP contribution in [0, 0.1) is 0 Å². The van der Waals surface area contributed by atoms with Gasteiger partial charge < -0.3 is 5.32 Å². The highest BCUT2D eigenvalue weighted by Crippen LogP contribution is 1.94. The quantitative estimate of drug-likeness (QED) is 0.666. The maximum absolute atomic E-state index is 10.9. The van der Waals surface area contributed by atoms with Crippen molar-refractivity contribution in [1.82, 2.24) is 5.32 Å². The number of allylic oxidation sites excluding steroid dienone is 4. The van der Waals surface area contributed by atoms with E-state index in [1.54, 1.807) is 12.2 Å². The van der Waals surface area contributed by atoms with E-state index in [1.165, 1.54) is 0 Å². The van der Waals surface area contributed by atoms with Gasteiger partial charge in [-0.25, -0.2) is 0 Å². The molecule has 0 rings (SSSR count). The lowest BCUT2D eigenvalue weighted by Gasteiger charge is -1.87. The Hall–Kier alpha value is -0.890. The number of carbonyl (C=O) groups is 1. The van der Waals surface area contributed by atoms with Crippen LogP contribution in [0.2, 0.25) is 0 Å². The van der Waals surface area contributed by atoms with E-state index in [4.69, 9.17) is 0 Å². The first-order valence-electron chi connectivity index (χ1n) is 4.36. The van der Waals surface area contributed by atoms with E-state index < -0.39 is 0 Å². The highest BCUT2D eigenvalue weighted by atomic mass is 16.1. The molecule has 0 amide bonds. The summed E-state index contributed by atoms with van der Waals surface area (Å²) in [6, 6.07) is 0. The standard InChI is InChI=1S/C9H14O.C2H7N/c1-7(2)5-9(10)6-8(3)4;1-3-2/h5-6H,1-4H3;3H,1-2H3. The lowest BCUT2D eigenvalue weighted by molar-refractivity contribution is -0.110. The summed E-state index contributed by atoms with van der Waals surface area (Å²) in [5.41, 5.74) is 2.09. The molecule has 0 aromatic rings. The van der Waals surface area contributed by atoms with E-state index in [0.717, 1.165) is 11.1 Å². The predicted molar refractivity (Wildman–Crippen MR) is 58.9 cm³/mol. The highest BCUT2D eigenvalue weighted by Gasteiger charge is 1.89. The molecular weight excluding hydrogens is 162 g/mol. The molecule has 0 saturated heterocycles. The van der Waals surface area contributed by atoms with Gasteiger partial charge in [-0.3, -0.25) is 4.79 Å². The van der Waals surface area contributed by atoms with Gasteiger partial charge in [0.15, 0.2) is 5.78 Å². The van der Waals surface area contributed by atoms with Gasteiger partial charge >= 0.3 is 0 Å². The molecule has 76 valence electrons. The van der Waals surface area contributed by atoms with Crippen LogP contribution in [-0.2, 0) is 4.79 Å². The molecule has 0 fully saturated rings. The largest absolute Gasteiger partial charge is 0.323 e. The Morgan fingerprint density at radius 2 is 1.15 bits per heavy atom. The summed E-state index contributed by atoms with van der Waals surface area (Å²) in [7, 11) is 3.75. The van der Waals surface area contributed by atoms with Gasteiger partial charge in [0.25, 0.3) is 0 Å². The molecule has 0 aliphatic heterocycles. The van der Waals surface area contributed by atoms with E-state index in [2.05, 4.69) is 5.32 Å². The van der Waals surface area contributed by atoms with Crippen LogP contribution in [0.3, 0.4) is 0 Å². The summed E-state index contributed by atoms with van der Waals surface area (Å²) >= 11 is 0. The molecule has 0 bridgehead atoms. The Bertz CT molecular complexity index is 174. The van der Waals surface area contributed by atoms with Crippen molar-refractivity contribution in [2.24, 2.45) is 0 Å². The molecule has 0 unspecified atom stereocenters. The Kier molecular flexibility index (Phi) is 10.3. The second-order valence-corrected chi connectivity index (χ2v) is 3.35. The van der Waals surface area contributed by atoms with E-state index in [1.807, 2.05) is 41.8 Å². The van der Waals surface area contributed by atoms with Crippen LogP contribution < -0.4 is 5.32 Å². The lowest BCUT2D eigenvalue weighted by Crippen LogP contribution is -1.89. The van der Waals surface area contributed by atoms with Gasteiger partial charge in [-0.2, -0.15) is 0 Å². The van der Waals surface area contributed by atoms with Crippen molar-refractivity contribution < 1.29 is 4.79 Å². The maximum Gasteiger partial charge on any atom is 0.178 e. The van der Waals surface area contributed by atoms with Crippen molar-refractivity contribution in [3.05, 3.63) is 23.3 Å². The highest BCUT2D eigenvalue weighted by molar-refractivity contribution is 5.99. The van der Waals surface area contributed by atoms with Gasteiger partial charge in [-0.15, -0.1) is 0 Å². The first-order chi connectivity index (χ1) is 5.93. The molecule has 2 nitrogen and oxygen atoms in total. The minimum absolute atomic E-state index is 0.0833. The molecule has 0 aromatic heterocycles. The first-order valence-corrected chi connectivity index (χ1v) is 4.36. The second kappa shape index (κ2) is 9.20. The molecule has 0 saturated carbocycles. The number of ketones is 1. The minimum atomic E-state index is 0.0833. The van der Waals surface area contributed by atoms with E-state index in [9.17, 15) is 4.79 Å². The summed E-state index contributed by atoms with van der Waals surface area (Å²) in [5, 5.41) is 2.75. The molecule has 0 radical (unpaired) electrons. The monoisotopic (exact) mass is 183 g/mol. The van der Waals surface area contributed by atoms with Crippen LogP contribution in [-0.4, -0.2) is 19.9 Å². The summed E-state index contributed by atoms with van der Waals surface area (Å²) in [4.78, 5) is 10.9. The fourth-order valence-electron chi connectivity index (χ4n) is 0.611. The fraction of sp³-hybridized carbons (Fsp3) is 0.545. The Morgan fingerprint density at radius 1 is 0.923 bits per heavy atom. The maximum atomic E-state index is 10.9. The summed E-state index contributed by atoms with van der Waals surface area (Å²) in [6.07, 6.45) is 3.26. The summed E-state index contributed by atoms with van der Waals surface area (Å²) in [6.45, 7) is 7.65. The number of nitrogens with one attached hydrogen (secondary N) is 1. The topological polar surface area (TPSA) is 29.1 Å². The minimum Gasteiger partial charge on any atom is -0.323 e. The van der Waals surface area contributed by atoms with Gasteiger partial charge in [0.05, 0.1) is 0 Å². The van der Waals surface area contributed by atoms with Crippen LogP contribution in [0.4, 0.5) is 0 Å². The van der Waals surface area contributed by atoms with Gasteiger partial charge in [-0.1, -0.05) is 11.1 Å². The fourth-order valence-corrected chi connectivity index (χ4v) is 0.611. The normalized spacial score (nSPS) is 7.85. The van der Waals surface area contributed by atoms with Crippen molar-refractivity contribution in [2.45, 2.75) is 27.7 Å². The zero-order chi connectivity index (χ0) is 10.9. The van der Waals surface area contributed by atoms with E-state index >= 15 is 0 Å². The Balaban J connectivity index is 0. The average molecular weight is 183 g/mol. The van der Waals surface area contributed by atoms with Crippen LogP contribution in [0.25, 0.3) is 0 Å². The molecule has 0 atom stereocenters. The van der Waals surface area contributed by atoms with Crippen molar-refractivity contribution >= 4 is 5.78 Å². The SMILES string of the molecule is CC(C)=CC(=O)C=C(C)C.CNC. The predicted octanol–water partition coefficient (Wildman–Crippen LogP) is 2.32. The van der Waals surface area contributed by atoms with Crippen LogP contribution in [0.1, 0.15) is 27.7 Å².